The average molecular weight is 511 g/mol. The highest BCUT2D eigenvalue weighted by molar-refractivity contribution is 5.03. The lowest BCUT2D eigenvalue weighted by Gasteiger charge is -2.10. The minimum Gasteiger partial charge on any atom is -0.391 e. The molecule has 1 N–H and O–H groups in total. The van der Waals surface area contributed by atoms with Crippen LogP contribution in [0.25, 0.3) is 0 Å². The van der Waals surface area contributed by atoms with Gasteiger partial charge in [-0.15, -0.1) is 0 Å². The molecule has 0 aromatic heterocycles. The lowest BCUT2D eigenvalue weighted by atomic mass is 10.0. The maximum atomic E-state index is 10.4. The van der Waals surface area contributed by atoms with E-state index in [4.69, 9.17) is 3.07 Å². The van der Waals surface area contributed by atoms with Gasteiger partial charge in [0.1, 0.15) is 6.61 Å². The van der Waals surface area contributed by atoms with Crippen LogP contribution in [0.15, 0.2) is 60.7 Å². The van der Waals surface area contributed by atoms with Crippen LogP contribution in [-0.2, 0) is 3.07 Å². The molecule has 0 saturated heterocycles. The molecular formula is C26H39IO2+. The fourth-order valence-electron chi connectivity index (χ4n) is 3.40. The van der Waals surface area contributed by atoms with E-state index in [1.54, 1.807) is 0 Å². The molecule has 0 aliphatic carbocycles. The number of hydrogen-bond acceptors (Lipinski definition) is 2. The maximum Gasteiger partial charge on any atom is 0.301 e. The maximum absolute atomic E-state index is 10.4. The molecule has 29 heavy (non-hydrogen) atoms. The van der Waals surface area contributed by atoms with E-state index in [2.05, 4.69) is 55.5 Å². The molecule has 0 saturated carbocycles. The summed E-state index contributed by atoms with van der Waals surface area (Å²) < 4.78 is 8.90. The molecule has 1 radical (unpaired) electrons. The minimum absolute atomic E-state index is 0.351. The Morgan fingerprint density at radius 1 is 0.690 bits per heavy atom. The number of aliphatic hydroxyl groups excluding tert-OH is 1. The van der Waals surface area contributed by atoms with Crippen molar-refractivity contribution in [1.29, 1.82) is 0 Å². The summed E-state index contributed by atoms with van der Waals surface area (Å²) in [5.74, 6) is 0. The van der Waals surface area contributed by atoms with Crippen molar-refractivity contribution < 1.29 is 28.4 Å². The van der Waals surface area contributed by atoms with Crippen molar-refractivity contribution in [3.8, 4) is 0 Å². The normalized spacial score (nSPS) is 12.4. The lowest BCUT2D eigenvalue weighted by Crippen LogP contribution is -3.85. The van der Waals surface area contributed by atoms with Crippen LogP contribution in [0, 0.1) is 7.14 Å². The zero-order valence-electron chi connectivity index (χ0n) is 18.1. The molecule has 1 unspecified atom stereocenters. The second kappa shape index (κ2) is 15.9. The molecule has 2 aromatic carbocycles. The van der Waals surface area contributed by atoms with E-state index < -0.39 is 20.2 Å². The molecule has 0 fully saturated rings. The molecule has 1 atom stereocenters. The number of hydrogen-bond donors (Lipinski definition) is 1. The first kappa shape index (κ1) is 24.4. The Bertz CT molecular complexity index is 578. The van der Waals surface area contributed by atoms with Crippen molar-refractivity contribution in [2.75, 3.05) is 6.61 Å². The molecule has 2 rings (SSSR count). The third-order valence-corrected chi connectivity index (χ3v) is 9.80. The fraction of sp³-hybridized carbons (Fsp3) is 0.538. The smallest absolute Gasteiger partial charge is 0.301 e. The molecule has 2 nitrogen and oxygen atoms in total. The Morgan fingerprint density at radius 3 is 1.62 bits per heavy atom. The molecule has 0 aliphatic heterocycles. The monoisotopic (exact) mass is 510 g/mol. The SMILES string of the molecule is CCCCCCCCCCCCC(O)CO[I+](c1ccccc1)c1ccccc1. The van der Waals surface area contributed by atoms with Gasteiger partial charge in [0.05, 0.1) is 6.10 Å². The van der Waals surface area contributed by atoms with Crippen LogP contribution in [-0.4, -0.2) is 17.8 Å². The van der Waals surface area contributed by atoms with E-state index in [-0.39, 0.29) is 6.10 Å². The molecule has 0 amide bonds. The second-order valence-corrected chi connectivity index (χ2v) is 12.3. The fourth-order valence-corrected chi connectivity index (χ4v) is 7.75. The third kappa shape index (κ3) is 10.6. The van der Waals surface area contributed by atoms with Crippen molar-refractivity contribution >= 4 is 0 Å². The van der Waals surface area contributed by atoms with Crippen LogP contribution < -0.4 is 20.2 Å². The van der Waals surface area contributed by atoms with E-state index >= 15 is 0 Å². The van der Waals surface area contributed by atoms with Crippen molar-refractivity contribution in [3.63, 3.8) is 0 Å². The molecule has 2 aromatic rings. The van der Waals surface area contributed by atoms with E-state index in [1.165, 1.54) is 64.9 Å². The van der Waals surface area contributed by atoms with E-state index in [0.29, 0.717) is 6.61 Å². The van der Waals surface area contributed by atoms with Gasteiger partial charge in [0.2, 0.25) is 0 Å². The number of halogens is 1. The van der Waals surface area contributed by atoms with Crippen molar-refractivity contribution in [2.24, 2.45) is 0 Å². The standard InChI is InChI=1S/C26H39IO2/c1-2-3-4-5-6-7-8-9-10-17-22-26(28)23-29-27(24-18-13-11-14-19-24)25-20-15-12-16-21-25/h11-16,18-21,26,28H,2-10,17,22-23H2,1H3/q+1. The molecule has 161 valence electrons. The number of aliphatic hydroxyl groups is 1. The first-order chi connectivity index (χ1) is 14.3. The van der Waals surface area contributed by atoms with Gasteiger partial charge in [-0.3, -0.25) is 0 Å². The van der Waals surface area contributed by atoms with Gasteiger partial charge in [-0.1, -0.05) is 108 Å². The third-order valence-electron chi connectivity index (χ3n) is 5.12. The Morgan fingerprint density at radius 2 is 1.14 bits per heavy atom. The summed E-state index contributed by atoms with van der Waals surface area (Å²) >= 11 is -1.94. The molecule has 0 bridgehead atoms. The molecule has 3 heteroatoms. The van der Waals surface area contributed by atoms with E-state index in [0.717, 1.165) is 12.8 Å². The topological polar surface area (TPSA) is 29.5 Å². The summed E-state index contributed by atoms with van der Waals surface area (Å²) in [4.78, 5) is 0. The number of unbranched alkanes of at least 4 members (excludes halogenated alkanes) is 9. The summed E-state index contributed by atoms with van der Waals surface area (Å²) in [6.45, 7) is 2.72. The lowest BCUT2D eigenvalue weighted by molar-refractivity contribution is -1.06. The first-order valence-corrected chi connectivity index (χ1v) is 14.5. The summed E-state index contributed by atoms with van der Waals surface area (Å²) in [5, 5.41) is 10.4. The Kier molecular flexibility index (Phi) is 13.3. The van der Waals surface area contributed by atoms with E-state index in [1.807, 2.05) is 12.1 Å². The minimum atomic E-state index is -1.94. The van der Waals surface area contributed by atoms with Crippen LogP contribution in [0.4, 0.5) is 0 Å². The van der Waals surface area contributed by atoms with Crippen LogP contribution >= 0.6 is 0 Å². The average Bonchev–Trinajstić information content (AvgIpc) is 2.77. The van der Waals surface area contributed by atoms with Crippen LogP contribution in [0.3, 0.4) is 0 Å². The predicted octanol–water partition coefficient (Wildman–Crippen LogP) is 3.95. The molecular weight excluding hydrogens is 471 g/mol. The van der Waals surface area contributed by atoms with Gasteiger partial charge < -0.3 is 5.11 Å². The zero-order valence-corrected chi connectivity index (χ0v) is 20.2. The quantitative estimate of drug-likeness (QED) is 0.274. The first-order valence-electron chi connectivity index (χ1n) is 11.4. The Labute approximate surface area is 186 Å². The van der Waals surface area contributed by atoms with Gasteiger partial charge in [-0.25, -0.2) is 0 Å². The zero-order chi connectivity index (χ0) is 20.6. The van der Waals surface area contributed by atoms with Crippen molar-refractivity contribution in [1.82, 2.24) is 0 Å². The van der Waals surface area contributed by atoms with Crippen LogP contribution in [0.2, 0.25) is 0 Å². The second-order valence-electron chi connectivity index (χ2n) is 7.74. The van der Waals surface area contributed by atoms with Crippen LogP contribution in [0.5, 0.6) is 0 Å². The summed E-state index contributed by atoms with van der Waals surface area (Å²) in [6, 6.07) is 21.0. The van der Waals surface area contributed by atoms with Gasteiger partial charge in [0.15, 0.2) is 7.14 Å². The molecule has 0 aliphatic rings. The largest absolute Gasteiger partial charge is 0.391 e. The highest BCUT2D eigenvalue weighted by atomic mass is 127. The van der Waals surface area contributed by atoms with Crippen molar-refractivity contribution in [2.45, 2.75) is 83.7 Å². The number of rotatable bonds is 16. The van der Waals surface area contributed by atoms with Crippen LogP contribution in [0.1, 0.15) is 77.6 Å². The predicted molar refractivity (Wildman–Crippen MR) is 119 cm³/mol. The van der Waals surface area contributed by atoms with Gasteiger partial charge in [0.25, 0.3) is 0 Å². The Balaban J connectivity index is 1.63. The van der Waals surface area contributed by atoms with E-state index in [9.17, 15) is 5.11 Å². The van der Waals surface area contributed by atoms with Gasteiger partial charge >= 0.3 is 20.2 Å². The van der Waals surface area contributed by atoms with Gasteiger partial charge in [-0.2, -0.15) is 3.07 Å². The summed E-state index contributed by atoms with van der Waals surface area (Å²) in [5.41, 5.74) is 0. The van der Waals surface area contributed by atoms with Crippen molar-refractivity contribution in [3.05, 3.63) is 67.8 Å². The molecule has 0 spiro atoms. The number of benzene rings is 2. The Hall–Kier alpha value is -0.910. The summed E-state index contributed by atoms with van der Waals surface area (Å²) in [7, 11) is 0. The van der Waals surface area contributed by atoms with Gasteiger partial charge in [-0.05, 0) is 30.7 Å². The van der Waals surface area contributed by atoms with Gasteiger partial charge in [0, 0.05) is 0 Å². The molecule has 0 heterocycles. The highest BCUT2D eigenvalue weighted by Gasteiger charge is 2.30. The highest BCUT2D eigenvalue weighted by Crippen LogP contribution is 2.12. The summed E-state index contributed by atoms with van der Waals surface area (Å²) in [6.07, 6.45) is 13.8.